The molecule has 168 valence electrons. The SMILES string of the molecule is CCOC(=O)c1cnccc1N1C(=O)N(c2ccc(OC(F)(F)F)cc2)C(=O)C12CC2C. The average molecular weight is 449 g/mol. The molecule has 1 aromatic carbocycles. The maximum atomic E-state index is 13.4. The number of halogens is 3. The van der Waals surface area contributed by atoms with E-state index in [0.29, 0.717) is 6.42 Å². The lowest BCUT2D eigenvalue weighted by Gasteiger charge is -2.24. The Balaban J connectivity index is 1.73. The quantitative estimate of drug-likeness (QED) is 0.508. The van der Waals surface area contributed by atoms with Gasteiger partial charge in [0.05, 0.1) is 18.0 Å². The van der Waals surface area contributed by atoms with Crippen LogP contribution < -0.4 is 14.5 Å². The summed E-state index contributed by atoms with van der Waals surface area (Å²) in [5.41, 5.74) is -0.895. The largest absolute Gasteiger partial charge is 0.573 e. The highest BCUT2D eigenvalue weighted by Crippen LogP contribution is 2.56. The number of imide groups is 1. The fourth-order valence-electron chi connectivity index (χ4n) is 3.96. The summed E-state index contributed by atoms with van der Waals surface area (Å²) in [4.78, 5) is 45.3. The Morgan fingerprint density at radius 1 is 1.22 bits per heavy atom. The smallest absolute Gasteiger partial charge is 0.462 e. The number of carbonyl (C=O) groups is 3. The molecular formula is C21H18F3N3O5. The van der Waals surface area contributed by atoms with E-state index in [9.17, 15) is 27.6 Å². The second kappa shape index (κ2) is 7.50. The summed E-state index contributed by atoms with van der Waals surface area (Å²) in [5.74, 6) is -1.89. The normalized spacial score (nSPS) is 22.5. The van der Waals surface area contributed by atoms with Crippen molar-refractivity contribution in [1.29, 1.82) is 0 Å². The van der Waals surface area contributed by atoms with Crippen molar-refractivity contribution < 1.29 is 37.0 Å². The van der Waals surface area contributed by atoms with E-state index in [1.807, 2.05) is 0 Å². The van der Waals surface area contributed by atoms with E-state index < -0.39 is 35.6 Å². The first kappa shape index (κ1) is 21.6. The molecular weight excluding hydrogens is 431 g/mol. The highest BCUT2D eigenvalue weighted by atomic mass is 19.4. The van der Waals surface area contributed by atoms with Gasteiger partial charge in [0.1, 0.15) is 16.9 Å². The number of alkyl halides is 3. The number of aromatic nitrogens is 1. The van der Waals surface area contributed by atoms with Gasteiger partial charge < -0.3 is 9.47 Å². The van der Waals surface area contributed by atoms with Crippen molar-refractivity contribution in [2.75, 3.05) is 16.4 Å². The van der Waals surface area contributed by atoms with E-state index in [1.165, 1.54) is 35.5 Å². The van der Waals surface area contributed by atoms with Crippen LogP contribution in [0.2, 0.25) is 0 Å². The molecule has 4 rings (SSSR count). The molecule has 2 atom stereocenters. The van der Waals surface area contributed by atoms with Gasteiger partial charge in [0.15, 0.2) is 0 Å². The van der Waals surface area contributed by atoms with Crippen molar-refractivity contribution >= 4 is 29.3 Å². The summed E-state index contributed by atoms with van der Waals surface area (Å²) in [6, 6.07) is 5.16. The van der Waals surface area contributed by atoms with Crippen LogP contribution in [0.1, 0.15) is 30.6 Å². The molecule has 1 saturated carbocycles. The first-order chi connectivity index (χ1) is 15.1. The molecule has 2 heterocycles. The third-order valence-electron chi connectivity index (χ3n) is 5.49. The van der Waals surface area contributed by atoms with Gasteiger partial charge in [0.25, 0.3) is 5.91 Å². The summed E-state index contributed by atoms with van der Waals surface area (Å²) >= 11 is 0. The molecule has 1 aliphatic carbocycles. The monoisotopic (exact) mass is 449 g/mol. The first-order valence-corrected chi connectivity index (χ1v) is 9.76. The van der Waals surface area contributed by atoms with Crippen molar-refractivity contribution in [3.63, 3.8) is 0 Å². The van der Waals surface area contributed by atoms with Gasteiger partial charge in [-0.15, -0.1) is 13.2 Å². The van der Waals surface area contributed by atoms with Crippen LogP contribution in [0.5, 0.6) is 5.75 Å². The Kier molecular flexibility index (Phi) is 5.06. The van der Waals surface area contributed by atoms with Crippen LogP contribution in [0.4, 0.5) is 29.3 Å². The lowest BCUT2D eigenvalue weighted by atomic mass is 10.1. The van der Waals surface area contributed by atoms with Gasteiger partial charge in [-0.25, -0.2) is 14.5 Å². The van der Waals surface area contributed by atoms with Gasteiger partial charge in [-0.05, 0) is 49.6 Å². The number of esters is 1. The minimum absolute atomic E-state index is 0.0322. The predicted molar refractivity (Wildman–Crippen MR) is 105 cm³/mol. The van der Waals surface area contributed by atoms with Crippen molar-refractivity contribution in [2.45, 2.75) is 32.2 Å². The Bertz CT molecular complexity index is 1090. The van der Waals surface area contributed by atoms with Crippen LogP contribution in [0.15, 0.2) is 42.7 Å². The van der Waals surface area contributed by atoms with Crippen LogP contribution >= 0.6 is 0 Å². The summed E-state index contributed by atoms with van der Waals surface area (Å²) < 4.78 is 46.2. The van der Waals surface area contributed by atoms with Crippen LogP contribution in [0, 0.1) is 5.92 Å². The van der Waals surface area contributed by atoms with Crippen LogP contribution in [0.3, 0.4) is 0 Å². The zero-order valence-corrected chi connectivity index (χ0v) is 17.0. The van der Waals surface area contributed by atoms with E-state index >= 15 is 0 Å². The molecule has 1 saturated heterocycles. The number of pyridine rings is 1. The molecule has 2 fully saturated rings. The molecule has 32 heavy (non-hydrogen) atoms. The van der Waals surface area contributed by atoms with Crippen molar-refractivity contribution in [1.82, 2.24) is 4.98 Å². The first-order valence-electron chi connectivity index (χ1n) is 9.76. The summed E-state index contributed by atoms with van der Waals surface area (Å²) in [6.07, 6.45) is -1.84. The standard InChI is InChI=1S/C21H18F3N3O5/c1-3-31-17(28)15-11-25-9-8-16(15)27-19(30)26(18(29)20(27)10-12(20)2)13-4-6-14(7-5-13)32-21(22,23)24/h4-9,11-12H,3,10H2,1-2H3. The number of amides is 3. The maximum Gasteiger partial charge on any atom is 0.573 e. The molecule has 1 spiro atoms. The number of hydrogen-bond donors (Lipinski definition) is 0. The van der Waals surface area contributed by atoms with Gasteiger partial charge in [-0.2, -0.15) is 0 Å². The van der Waals surface area contributed by atoms with E-state index in [4.69, 9.17) is 4.74 Å². The van der Waals surface area contributed by atoms with Gasteiger partial charge in [-0.1, -0.05) is 6.92 Å². The van der Waals surface area contributed by atoms with Crippen molar-refractivity contribution in [2.24, 2.45) is 5.92 Å². The summed E-state index contributed by atoms with van der Waals surface area (Å²) in [6.45, 7) is 3.55. The zero-order chi connectivity index (χ0) is 23.3. The maximum absolute atomic E-state index is 13.4. The number of benzene rings is 1. The predicted octanol–water partition coefficient (Wildman–Crippen LogP) is 3.91. The Morgan fingerprint density at radius 2 is 1.88 bits per heavy atom. The number of carbonyl (C=O) groups excluding carboxylic acids is 3. The van der Waals surface area contributed by atoms with Gasteiger partial charge in [0, 0.05) is 12.4 Å². The molecule has 3 amide bonds. The number of hydrogen-bond acceptors (Lipinski definition) is 6. The lowest BCUT2D eigenvalue weighted by molar-refractivity contribution is -0.274. The zero-order valence-electron chi connectivity index (χ0n) is 17.0. The number of ether oxygens (including phenoxy) is 2. The number of nitrogens with zero attached hydrogens (tertiary/aromatic N) is 3. The topological polar surface area (TPSA) is 89.0 Å². The van der Waals surface area contributed by atoms with Gasteiger partial charge >= 0.3 is 18.4 Å². The molecule has 0 radical (unpaired) electrons. The van der Waals surface area contributed by atoms with Crippen molar-refractivity contribution in [3.8, 4) is 5.75 Å². The van der Waals surface area contributed by atoms with E-state index in [1.54, 1.807) is 13.8 Å². The molecule has 2 aromatic rings. The van der Waals surface area contributed by atoms with E-state index in [0.717, 1.165) is 17.0 Å². The lowest BCUT2D eigenvalue weighted by Crippen LogP contribution is -2.40. The molecule has 1 aromatic heterocycles. The van der Waals surface area contributed by atoms with Gasteiger partial charge in [0.2, 0.25) is 0 Å². The van der Waals surface area contributed by atoms with E-state index in [2.05, 4.69) is 9.72 Å². The highest BCUT2D eigenvalue weighted by Gasteiger charge is 2.71. The molecule has 8 nitrogen and oxygen atoms in total. The third kappa shape index (κ3) is 3.43. The highest BCUT2D eigenvalue weighted by molar-refractivity contribution is 6.32. The molecule has 1 aliphatic heterocycles. The fourth-order valence-corrected chi connectivity index (χ4v) is 3.96. The van der Waals surface area contributed by atoms with Crippen LogP contribution in [-0.4, -0.2) is 41.4 Å². The Morgan fingerprint density at radius 3 is 2.44 bits per heavy atom. The molecule has 2 aliphatic rings. The average Bonchev–Trinajstić information content (AvgIpc) is 3.34. The summed E-state index contributed by atoms with van der Waals surface area (Å²) in [5, 5.41) is 0. The Hall–Kier alpha value is -3.63. The molecule has 11 heteroatoms. The second-order valence-corrected chi connectivity index (χ2v) is 7.44. The molecule has 2 unspecified atom stereocenters. The van der Waals surface area contributed by atoms with Gasteiger partial charge in [-0.3, -0.25) is 14.7 Å². The second-order valence-electron chi connectivity index (χ2n) is 7.44. The third-order valence-corrected chi connectivity index (χ3v) is 5.49. The molecule has 0 bridgehead atoms. The minimum atomic E-state index is -4.87. The number of rotatable bonds is 5. The van der Waals surface area contributed by atoms with E-state index in [-0.39, 0.29) is 29.5 Å². The minimum Gasteiger partial charge on any atom is -0.462 e. The van der Waals surface area contributed by atoms with Crippen LogP contribution in [-0.2, 0) is 9.53 Å². The fraction of sp³-hybridized carbons (Fsp3) is 0.333. The van der Waals surface area contributed by atoms with Crippen molar-refractivity contribution in [3.05, 3.63) is 48.3 Å². The summed E-state index contributed by atoms with van der Waals surface area (Å²) in [7, 11) is 0. The van der Waals surface area contributed by atoms with Crippen LogP contribution in [0.25, 0.3) is 0 Å². The Labute approximate surface area is 180 Å². The molecule has 0 N–H and O–H groups in total. The number of urea groups is 1. The number of anilines is 2.